The molecule has 2 N–H and O–H groups in total. The number of carbonyl (C=O) groups is 2. The third-order valence-electron chi connectivity index (χ3n) is 6.18. The molecule has 0 aliphatic heterocycles. The molecule has 6 nitrogen and oxygen atoms in total. The van der Waals surface area contributed by atoms with Gasteiger partial charge in [-0.2, -0.15) is 0 Å². The van der Waals surface area contributed by atoms with Crippen molar-refractivity contribution in [3.63, 3.8) is 0 Å². The number of carbonyl (C=O) groups excluding carboxylic acids is 2. The minimum Gasteiger partial charge on any atom is -0.456 e. The van der Waals surface area contributed by atoms with E-state index >= 15 is 0 Å². The van der Waals surface area contributed by atoms with Gasteiger partial charge in [0.1, 0.15) is 11.3 Å². The van der Waals surface area contributed by atoms with Crippen molar-refractivity contribution in [1.29, 1.82) is 0 Å². The Morgan fingerprint density at radius 2 is 1.81 bits per heavy atom. The van der Waals surface area contributed by atoms with Crippen LogP contribution in [-0.2, 0) is 4.79 Å². The van der Waals surface area contributed by atoms with Gasteiger partial charge < -0.3 is 19.8 Å². The Bertz CT molecular complexity index is 1240. The number of benzene rings is 2. The molecule has 1 radical (unpaired) electrons. The SMILES string of the molecule is O=C[B]NC1CCC(NC(=O)c2ccc3cncc(-c4cc5ccccc5o4)c3c2)CC1. The highest BCUT2D eigenvalue weighted by Crippen LogP contribution is 2.32. The molecule has 2 heterocycles. The number of amides is 1. The van der Waals surface area contributed by atoms with Gasteiger partial charge in [0.2, 0.25) is 0 Å². The normalized spacial score (nSPS) is 18.5. The summed E-state index contributed by atoms with van der Waals surface area (Å²) in [5, 5.41) is 9.20. The fourth-order valence-electron chi connectivity index (χ4n) is 4.46. The minimum absolute atomic E-state index is 0.0740. The lowest BCUT2D eigenvalue weighted by Crippen LogP contribution is -2.43. The highest BCUT2D eigenvalue weighted by molar-refractivity contribution is 6.64. The molecular formula is C25H23BN3O3. The summed E-state index contributed by atoms with van der Waals surface area (Å²) in [7, 11) is 1.45. The van der Waals surface area contributed by atoms with Gasteiger partial charge in [-0.15, -0.1) is 0 Å². The molecular weight excluding hydrogens is 401 g/mol. The first kappa shape index (κ1) is 20.5. The standard InChI is InChI=1S/C25H23BN3O3/c30-15-26-29-20-9-7-19(8-10-20)28-25(31)17-5-6-18-13-27-14-22(21(18)11-17)24-12-16-3-1-2-4-23(16)32-24/h1-6,11-15,19-20,29H,7-10H2,(H,28,31). The van der Waals surface area contributed by atoms with E-state index in [1.165, 1.54) is 7.41 Å². The fourth-order valence-corrected chi connectivity index (χ4v) is 4.46. The Kier molecular flexibility index (Phi) is 5.73. The first-order chi connectivity index (χ1) is 15.7. The smallest absolute Gasteiger partial charge is 0.290 e. The zero-order valence-electron chi connectivity index (χ0n) is 17.6. The molecule has 159 valence electrons. The number of nitrogens with zero attached hydrogens (tertiary/aromatic N) is 1. The lowest BCUT2D eigenvalue weighted by atomic mass is 9.86. The molecule has 5 rings (SSSR count). The number of fused-ring (bicyclic) bond motifs is 2. The van der Waals surface area contributed by atoms with Crippen molar-refractivity contribution >= 4 is 41.2 Å². The Morgan fingerprint density at radius 1 is 1.00 bits per heavy atom. The number of hydrogen-bond acceptors (Lipinski definition) is 5. The summed E-state index contributed by atoms with van der Waals surface area (Å²) in [5.41, 5.74) is 2.31. The fraction of sp³-hybridized carbons (Fsp3) is 0.240. The van der Waals surface area contributed by atoms with Crippen LogP contribution in [-0.4, -0.2) is 36.6 Å². The Balaban J connectivity index is 1.37. The Hall–Kier alpha value is -3.45. The van der Waals surface area contributed by atoms with Crippen LogP contribution in [0.15, 0.2) is 65.3 Å². The van der Waals surface area contributed by atoms with Gasteiger partial charge in [0.15, 0.2) is 0 Å². The highest BCUT2D eigenvalue weighted by Gasteiger charge is 2.22. The number of para-hydroxylation sites is 1. The average molecular weight is 424 g/mol. The molecule has 0 bridgehead atoms. The highest BCUT2D eigenvalue weighted by atomic mass is 16.3. The predicted molar refractivity (Wildman–Crippen MR) is 126 cm³/mol. The lowest BCUT2D eigenvalue weighted by Gasteiger charge is -2.29. The molecule has 1 saturated carbocycles. The summed E-state index contributed by atoms with van der Waals surface area (Å²) in [5.74, 6) is 0.662. The molecule has 1 amide bonds. The first-order valence-electron chi connectivity index (χ1n) is 10.9. The second-order valence-electron chi connectivity index (χ2n) is 8.26. The molecule has 1 fully saturated rings. The maximum absolute atomic E-state index is 13.0. The molecule has 2 aromatic heterocycles. The van der Waals surface area contributed by atoms with E-state index < -0.39 is 0 Å². The number of furan rings is 1. The topological polar surface area (TPSA) is 84.2 Å². The molecule has 0 spiro atoms. The number of rotatable bonds is 6. The van der Waals surface area contributed by atoms with Gasteiger partial charge >= 0.3 is 0 Å². The summed E-state index contributed by atoms with van der Waals surface area (Å²) >= 11 is 0. The number of aromatic nitrogens is 1. The van der Waals surface area contributed by atoms with E-state index in [0.717, 1.165) is 64.9 Å². The molecule has 1 aliphatic rings. The third-order valence-corrected chi connectivity index (χ3v) is 6.18. The molecule has 7 heteroatoms. The van der Waals surface area contributed by atoms with Crippen molar-refractivity contribution in [2.45, 2.75) is 37.8 Å². The number of nitrogens with one attached hydrogen (secondary N) is 2. The summed E-state index contributed by atoms with van der Waals surface area (Å²) in [6, 6.07) is 16.0. The van der Waals surface area contributed by atoms with Gasteiger partial charge in [0.25, 0.3) is 13.3 Å². The van der Waals surface area contributed by atoms with Crippen LogP contribution in [0, 0.1) is 0 Å². The number of hydrogen-bond donors (Lipinski definition) is 2. The molecule has 0 unspecified atom stereocenters. The maximum Gasteiger partial charge on any atom is 0.290 e. The van der Waals surface area contributed by atoms with Crippen LogP contribution in [0.25, 0.3) is 33.1 Å². The minimum atomic E-state index is -0.0740. The van der Waals surface area contributed by atoms with E-state index in [1.54, 1.807) is 12.4 Å². The van der Waals surface area contributed by atoms with E-state index in [4.69, 9.17) is 4.42 Å². The lowest BCUT2D eigenvalue weighted by molar-refractivity contribution is 0.0925. The summed E-state index contributed by atoms with van der Waals surface area (Å²) in [6.07, 6.45) is 7.97. The molecule has 4 aromatic rings. The number of pyridine rings is 1. The van der Waals surface area contributed by atoms with Crippen LogP contribution < -0.4 is 10.5 Å². The average Bonchev–Trinajstić information content (AvgIpc) is 3.27. The maximum atomic E-state index is 13.0. The van der Waals surface area contributed by atoms with Crippen molar-refractivity contribution in [3.8, 4) is 11.3 Å². The Morgan fingerprint density at radius 3 is 2.62 bits per heavy atom. The van der Waals surface area contributed by atoms with Crippen molar-refractivity contribution in [2.75, 3.05) is 0 Å². The van der Waals surface area contributed by atoms with Gasteiger partial charge in [-0.1, -0.05) is 24.3 Å². The molecule has 1 aliphatic carbocycles. The molecule has 0 atom stereocenters. The summed E-state index contributed by atoms with van der Waals surface area (Å²) in [4.78, 5) is 27.8. The van der Waals surface area contributed by atoms with Crippen molar-refractivity contribution in [2.24, 2.45) is 0 Å². The zero-order valence-corrected chi connectivity index (χ0v) is 17.6. The monoisotopic (exact) mass is 424 g/mol. The van der Waals surface area contributed by atoms with Gasteiger partial charge in [0.05, 0.1) is 6.19 Å². The van der Waals surface area contributed by atoms with Crippen LogP contribution in [0.1, 0.15) is 36.0 Å². The Labute approximate surface area is 186 Å². The van der Waals surface area contributed by atoms with Crippen LogP contribution in [0.2, 0.25) is 0 Å². The van der Waals surface area contributed by atoms with Crippen LogP contribution >= 0.6 is 0 Å². The second-order valence-corrected chi connectivity index (χ2v) is 8.26. The van der Waals surface area contributed by atoms with Crippen LogP contribution in [0.4, 0.5) is 0 Å². The van der Waals surface area contributed by atoms with Gasteiger partial charge in [-0.3, -0.25) is 9.78 Å². The summed E-state index contributed by atoms with van der Waals surface area (Å²) in [6.45, 7) is 0. The quantitative estimate of drug-likeness (QED) is 0.360. The van der Waals surface area contributed by atoms with Gasteiger partial charge in [-0.25, -0.2) is 0 Å². The van der Waals surface area contributed by atoms with Crippen LogP contribution in [0.3, 0.4) is 0 Å². The van der Waals surface area contributed by atoms with E-state index in [1.807, 2.05) is 48.5 Å². The molecule has 0 saturated heterocycles. The van der Waals surface area contributed by atoms with E-state index in [2.05, 4.69) is 15.5 Å². The molecule has 32 heavy (non-hydrogen) atoms. The zero-order chi connectivity index (χ0) is 21.9. The summed E-state index contributed by atoms with van der Waals surface area (Å²) < 4.78 is 6.05. The van der Waals surface area contributed by atoms with E-state index in [-0.39, 0.29) is 11.9 Å². The van der Waals surface area contributed by atoms with Crippen molar-refractivity contribution in [3.05, 3.63) is 66.5 Å². The molecule has 2 aromatic carbocycles. The van der Waals surface area contributed by atoms with Crippen molar-refractivity contribution < 1.29 is 14.0 Å². The first-order valence-corrected chi connectivity index (χ1v) is 10.9. The van der Waals surface area contributed by atoms with E-state index in [0.29, 0.717) is 11.6 Å². The third kappa shape index (κ3) is 4.16. The van der Waals surface area contributed by atoms with Gasteiger partial charge in [-0.05, 0) is 61.4 Å². The second kappa shape index (κ2) is 8.97. The van der Waals surface area contributed by atoms with Crippen LogP contribution in [0.5, 0.6) is 0 Å². The van der Waals surface area contributed by atoms with Crippen molar-refractivity contribution in [1.82, 2.24) is 15.5 Å². The van der Waals surface area contributed by atoms with Gasteiger partial charge in [0, 0.05) is 40.3 Å². The largest absolute Gasteiger partial charge is 0.456 e. The predicted octanol–water partition coefficient (Wildman–Crippen LogP) is 4.09. The van der Waals surface area contributed by atoms with E-state index in [9.17, 15) is 9.59 Å².